The molecular weight excluding hydrogens is 409 g/mol. The van der Waals surface area contributed by atoms with E-state index in [2.05, 4.69) is 10.1 Å². The average Bonchev–Trinajstić information content (AvgIpc) is 3.10. The molecule has 0 N–H and O–H groups in total. The lowest BCUT2D eigenvalue weighted by molar-refractivity contribution is -0.135. The Bertz CT molecular complexity index is 965. The molecule has 1 atom stereocenters. The molecule has 0 aliphatic carbocycles. The molecule has 0 saturated carbocycles. The van der Waals surface area contributed by atoms with Gasteiger partial charge >= 0.3 is 5.97 Å². The quantitative estimate of drug-likeness (QED) is 0.551. The van der Waals surface area contributed by atoms with E-state index in [0.717, 1.165) is 5.01 Å². The van der Waals surface area contributed by atoms with Crippen molar-refractivity contribution in [1.29, 1.82) is 0 Å². The molecule has 1 aromatic carbocycles. The molecule has 3 rings (SSSR count). The van der Waals surface area contributed by atoms with E-state index in [9.17, 15) is 9.59 Å². The number of amides is 1. The summed E-state index contributed by atoms with van der Waals surface area (Å²) in [5.74, 6) is -0.708. The SMILES string of the molecule is COc1cc(Cl)c(Cl)c([C@@H]2OC(c3ccncc3)=NN2C(C)=O)c1OC(C)=O. The summed E-state index contributed by atoms with van der Waals surface area (Å²) < 4.78 is 16.5. The first-order valence-corrected chi connectivity index (χ1v) is 8.78. The topological polar surface area (TPSA) is 90.3 Å². The van der Waals surface area contributed by atoms with Gasteiger partial charge in [0.2, 0.25) is 18.0 Å². The second-order valence-corrected chi connectivity index (χ2v) is 6.47. The summed E-state index contributed by atoms with van der Waals surface area (Å²) >= 11 is 12.6. The molecule has 2 aromatic rings. The number of carbonyl (C=O) groups is 2. The molecule has 28 heavy (non-hydrogen) atoms. The fourth-order valence-electron chi connectivity index (χ4n) is 2.59. The van der Waals surface area contributed by atoms with Gasteiger partial charge in [0.25, 0.3) is 0 Å². The Hall–Kier alpha value is -2.84. The third-order valence-electron chi connectivity index (χ3n) is 3.78. The number of nitrogens with zero attached hydrogens (tertiary/aromatic N) is 3. The Morgan fingerprint density at radius 2 is 1.89 bits per heavy atom. The van der Waals surface area contributed by atoms with E-state index in [-0.39, 0.29) is 33.0 Å². The highest BCUT2D eigenvalue weighted by Gasteiger charge is 2.39. The number of esters is 1. The van der Waals surface area contributed by atoms with Crippen molar-refractivity contribution in [3.8, 4) is 11.5 Å². The molecule has 1 amide bonds. The number of pyridine rings is 1. The number of benzene rings is 1. The highest BCUT2D eigenvalue weighted by Crippen LogP contribution is 2.47. The van der Waals surface area contributed by atoms with E-state index in [1.807, 2.05) is 0 Å². The molecule has 8 nitrogen and oxygen atoms in total. The van der Waals surface area contributed by atoms with Gasteiger partial charge in [-0.2, -0.15) is 5.01 Å². The number of hydrazone groups is 1. The van der Waals surface area contributed by atoms with Gasteiger partial charge in [-0.1, -0.05) is 23.2 Å². The van der Waals surface area contributed by atoms with Gasteiger partial charge < -0.3 is 14.2 Å². The minimum Gasteiger partial charge on any atom is -0.493 e. The number of hydrogen-bond acceptors (Lipinski definition) is 7. The Morgan fingerprint density at radius 1 is 1.21 bits per heavy atom. The van der Waals surface area contributed by atoms with Crippen molar-refractivity contribution in [2.24, 2.45) is 5.10 Å². The summed E-state index contributed by atoms with van der Waals surface area (Å²) in [5, 5.41) is 5.49. The van der Waals surface area contributed by atoms with Crippen molar-refractivity contribution in [3.05, 3.63) is 51.8 Å². The van der Waals surface area contributed by atoms with E-state index in [1.54, 1.807) is 24.5 Å². The summed E-state index contributed by atoms with van der Waals surface area (Å²) in [6.07, 6.45) is 2.01. The number of carbonyl (C=O) groups excluding carboxylic acids is 2. The summed E-state index contributed by atoms with van der Waals surface area (Å²) in [7, 11) is 1.38. The standard InChI is InChI=1S/C18H15Cl2N3O5/c1-9(24)23-18(28-17(22-23)11-4-6-21-7-5-11)14-15(20)12(19)8-13(26-3)16(14)27-10(2)25/h4-8,18H,1-3H3/t18-/m0/s1. The first-order chi connectivity index (χ1) is 13.3. The van der Waals surface area contributed by atoms with Crippen LogP contribution in [0.2, 0.25) is 10.0 Å². The zero-order valence-corrected chi connectivity index (χ0v) is 16.6. The molecular formula is C18H15Cl2N3O5. The summed E-state index contributed by atoms with van der Waals surface area (Å²) in [6.45, 7) is 2.54. The number of ether oxygens (including phenoxy) is 3. The highest BCUT2D eigenvalue weighted by atomic mass is 35.5. The van der Waals surface area contributed by atoms with Crippen LogP contribution in [0.15, 0.2) is 35.7 Å². The Kier molecular flexibility index (Phi) is 5.71. The van der Waals surface area contributed by atoms with Gasteiger partial charge in [0.15, 0.2) is 11.5 Å². The molecule has 0 unspecified atom stereocenters. The molecule has 1 aliphatic heterocycles. The van der Waals surface area contributed by atoms with Crippen LogP contribution in [0.4, 0.5) is 0 Å². The fraction of sp³-hybridized carbons (Fsp3) is 0.222. The van der Waals surface area contributed by atoms with Crippen molar-refractivity contribution in [1.82, 2.24) is 9.99 Å². The first kappa shape index (κ1) is 19.9. The number of methoxy groups -OCH3 is 1. The van der Waals surface area contributed by atoms with E-state index >= 15 is 0 Å². The smallest absolute Gasteiger partial charge is 0.308 e. The molecule has 0 radical (unpaired) electrons. The molecule has 0 spiro atoms. The maximum absolute atomic E-state index is 12.2. The number of aromatic nitrogens is 1. The van der Waals surface area contributed by atoms with Gasteiger partial charge in [-0.05, 0) is 12.1 Å². The van der Waals surface area contributed by atoms with Crippen molar-refractivity contribution < 1.29 is 23.8 Å². The largest absolute Gasteiger partial charge is 0.493 e. The van der Waals surface area contributed by atoms with Crippen molar-refractivity contribution in [2.75, 3.05) is 7.11 Å². The van der Waals surface area contributed by atoms with Gasteiger partial charge in [-0.15, -0.1) is 5.10 Å². The Labute approximate surface area is 170 Å². The van der Waals surface area contributed by atoms with Crippen LogP contribution in [0.1, 0.15) is 31.2 Å². The third kappa shape index (κ3) is 3.74. The molecule has 146 valence electrons. The van der Waals surface area contributed by atoms with Crippen LogP contribution in [-0.2, 0) is 14.3 Å². The van der Waals surface area contributed by atoms with E-state index in [4.69, 9.17) is 37.4 Å². The van der Waals surface area contributed by atoms with Crippen LogP contribution >= 0.6 is 23.2 Å². The van der Waals surface area contributed by atoms with Gasteiger partial charge in [0.05, 0.1) is 22.7 Å². The average molecular weight is 424 g/mol. The maximum Gasteiger partial charge on any atom is 0.308 e. The van der Waals surface area contributed by atoms with Gasteiger partial charge in [0, 0.05) is 37.9 Å². The van der Waals surface area contributed by atoms with Gasteiger partial charge in [0.1, 0.15) is 0 Å². The predicted octanol–water partition coefficient (Wildman–Crippen LogP) is 3.56. The normalized spacial score (nSPS) is 15.7. The van der Waals surface area contributed by atoms with E-state index in [1.165, 1.54) is 27.0 Å². The zero-order chi connectivity index (χ0) is 20.4. The monoisotopic (exact) mass is 423 g/mol. The second-order valence-electron chi connectivity index (χ2n) is 5.69. The van der Waals surface area contributed by atoms with Crippen LogP contribution in [-0.4, -0.2) is 34.9 Å². The van der Waals surface area contributed by atoms with Crippen LogP contribution in [0.25, 0.3) is 0 Å². The maximum atomic E-state index is 12.2. The molecule has 10 heteroatoms. The van der Waals surface area contributed by atoms with Gasteiger partial charge in [-0.3, -0.25) is 14.6 Å². The predicted molar refractivity (Wildman–Crippen MR) is 101 cm³/mol. The second kappa shape index (κ2) is 8.04. The van der Waals surface area contributed by atoms with Crippen LogP contribution < -0.4 is 9.47 Å². The molecule has 0 fully saturated rings. The Balaban J connectivity index is 2.15. The molecule has 0 bridgehead atoms. The lowest BCUT2D eigenvalue weighted by atomic mass is 10.1. The van der Waals surface area contributed by atoms with Crippen molar-refractivity contribution in [3.63, 3.8) is 0 Å². The Morgan fingerprint density at radius 3 is 2.46 bits per heavy atom. The van der Waals surface area contributed by atoms with Crippen LogP contribution in [0, 0.1) is 0 Å². The lowest BCUT2D eigenvalue weighted by Crippen LogP contribution is -2.26. The molecule has 1 aromatic heterocycles. The minimum atomic E-state index is -1.12. The van der Waals surface area contributed by atoms with Crippen LogP contribution in [0.3, 0.4) is 0 Å². The van der Waals surface area contributed by atoms with Crippen molar-refractivity contribution >= 4 is 41.0 Å². The first-order valence-electron chi connectivity index (χ1n) is 8.03. The highest BCUT2D eigenvalue weighted by molar-refractivity contribution is 6.42. The minimum absolute atomic E-state index is 0.00757. The molecule has 0 saturated heterocycles. The van der Waals surface area contributed by atoms with Crippen LogP contribution in [0.5, 0.6) is 11.5 Å². The number of rotatable bonds is 4. The number of halogens is 2. The number of hydrogen-bond donors (Lipinski definition) is 0. The molecule has 2 heterocycles. The van der Waals surface area contributed by atoms with Crippen molar-refractivity contribution in [2.45, 2.75) is 20.1 Å². The van der Waals surface area contributed by atoms with E-state index in [0.29, 0.717) is 5.56 Å². The third-order valence-corrected chi connectivity index (χ3v) is 4.58. The summed E-state index contributed by atoms with van der Waals surface area (Å²) in [6, 6.07) is 4.75. The summed E-state index contributed by atoms with van der Waals surface area (Å²) in [5.41, 5.74) is 0.743. The fourth-order valence-corrected chi connectivity index (χ4v) is 3.03. The lowest BCUT2D eigenvalue weighted by Gasteiger charge is -2.24. The van der Waals surface area contributed by atoms with Gasteiger partial charge in [-0.25, -0.2) is 0 Å². The molecule has 1 aliphatic rings. The zero-order valence-electron chi connectivity index (χ0n) is 15.1. The van der Waals surface area contributed by atoms with E-state index < -0.39 is 18.1 Å². The summed E-state index contributed by atoms with van der Waals surface area (Å²) in [4.78, 5) is 27.8.